The fourth-order valence-electron chi connectivity index (χ4n) is 7.89. The first kappa shape index (κ1) is 21.7. The van der Waals surface area contributed by atoms with E-state index < -0.39 is 0 Å². The first-order chi connectivity index (χ1) is 15.4. The summed E-state index contributed by atoms with van der Waals surface area (Å²) in [5.74, 6) is 3.55. The van der Waals surface area contributed by atoms with Crippen molar-refractivity contribution in [2.75, 3.05) is 6.61 Å². The molecule has 4 aliphatic carbocycles. The molecule has 6 unspecified atom stereocenters. The van der Waals surface area contributed by atoms with Crippen LogP contribution in [-0.4, -0.2) is 18.2 Å². The number of Topliss-reactive ketones (excluding diaryl/α,β-unsaturated/α-hetero) is 1. The number of allylic oxidation sites excluding steroid dienone is 2. The second kappa shape index (κ2) is 8.01. The Hall–Kier alpha value is -2.16. The van der Waals surface area contributed by atoms with E-state index in [1.165, 1.54) is 11.1 Å². The van der Waals surface area contributed by atoms with Gasteiger partial charge in [-0.3, -0.25) is 9.59 Å². The second-order valence-corrected chi connectivity index (χ2v) is 11.0. The molecule has 32 heavy (non-hydrogen) atoms. The highest BCUT2D eigenvalue weighted by Gasteiger charge is 2.62. The summed E-state index contributed by atoms with van der Waals surface area (Å²) < 4.78 is 5.83. The molecule has 0 spiro atoms. The van der Waals surface area contributed by atoms with Gasteiger partial charge >= 0.3 is 0 Å². The van der Waals surface area contributed by atoms with Crippen LogP contribution in [0.1, 0.15) is 77.2 Å². The van der Waals surface area contributed by atoms with Gasteiger partial charge in [-0.2, -0.15) is 0 Å². The molecule has 0 N–H and O–H groups in total. The van der Waals surface area contributed by atoms with Gasteiger partial charge in [-0.15, -0.1) is 0 Å². The smallest absolute Gasteiger partial charge is 0.155 e. The van der Waals surface area contributed by atoms with Crippen molar-refractivity contribution in [3.63, 3.8) is 0 Å². The minimum absolute atomic E-state index is 0.0650. The third kappa shape index (κ3) is 3.31. The van der Waals surface area contributed by atoms with E-state index in [-0.39, 0.29) is 10.8 Å². The van der Waals surface area contributed by atoms with Gasteiger partial charge in [-0.1, -0.05) is 43.7 Å². The van der Waals surface area contributed by atoms with Crippen molar-refractivity contribution in [3.05, 3.63) is 53.6 Å². The van der Waals surface area contributed by atoms with Crippen LogP contribution in [-0.2, 0) is 9.59 Å². The predicted octanol–water partition coefficient (Wildman–Crippen LogP) is 6.44. The zero-order chi connectivity index (χ0) is 22.5. The molecular weight excluding hydrogens is 396 g/mol. The molecule has 0 amide bonds. The predicted molar refractivity (Wildman–Crippen MR) is 127 cm³/mol. The normalized spacial score (nSPS) is 38.8. The van der Waals surface area contributed by atoms with Crippen LogP contribution in [0.2, 0.25) is 0 Å². The molecule has 3 saturated carbocycles. The lowest BCUT2D eigenvalue weighted by molar-refractivity contribution is -0.134. The van der Waals surface area contributed by atoms with Crippen molar-refractivity contribution in [2.24, 2.45) is 28.6 Å². The third-order valence-electron chi connectivity index (χ3n) is 9.53. The Balaban J connectivity index is 1.54. The monoisotopic (exact) mass is 432 g/mol. The molecular formula is C29H36O3. The van der Waals surface area contributed by atoms with E-state index in [9.17, 15) is 9.59 Å². The largest absolute Gasteiger partial charge is 0.490 e. The number of carbonyl (C=O) groups excluding carboxylic acids is 2. The number of rotatable bonds is 4. The molecule has 0 heterocycles. The van der Waals surface area contributed by atoms with Crippen molar-refractivity contribution in [3.8, 4) is 5.75 Å². The van der Waals surface area contributed by atoms with E-state index in [1.54, 1.807) is 0 Å². The molecule has 1 aromatic rings. The van der Waals surface area contributed by atoms with Gasteiger partial charge in [-0.25, -0.2) is 0 Å². The molecule has 0 aliphatic heterocycles. The Morgan fingerprint density at radius 2 is 1.81 bits per heavy atom. The summed E-state index contributed by atoms with van der Waals surface area (Å²) in [5.41, 5.74) is 2.57. The number of fused-ring (bicyclic) bond motifs is 5. The molecule has 0 saturated heterocycles. The van der Waals surface area contributed by atoms with Gasteiger partial charge < -0.3 is 4.74 Å². The first-order valence-corrected chi connectivity index (χ1v) is 12.5. The Morgan fingerprint density at radius 3 is 2.56 bits per heavy atom. The van der Waals surface area contributed by atoms with E-state index in [2.05, 4.69) is 38.1 Å². The maximum atomic E-state index is 13.1. The van der Waals surface area contributed by atoms with Crippen LogP contribution >= 0.6 is 0 Å². The number of benzene rings is 1. The number of carbonyl (C=O) groups is 2. The molecule has 1 aromatic carbocycles. The fourth-order valence-corrected chi connectivity index (χ4v) is 7.89. The molecule has 0 aromatic heterocycles. The van der Waals surface area contributed by atoms with Crippen LogP contribution in [0.5, 0.6) is 5.75 Å². The van der Waals surface area contributed by atoms with Gasteiger partial charge in [0.2, 0.25) is 0 Å². The average Bonchev–Trinajstić information content (AvgIpc) is 3.09. The average molecular weight is 433 g/mol. The molecule has 5 rings (SSSR count). The maximum Gasteiger partial charge on any atom is 0.155 e. The highest BCUT2D eigenvalue weighted by molar-refractivity contribution is 5.91. The van der Waals surface area contributed by atoms with E-state index in [0.29, 0.717) is 48.3 Å². The molecule has 3 heteroatoms. The molecule has 4 aliphatic rings. The lowest BCUT2D eigenvalue weighted by Gasteiger charge is -2.60. The van der Waals surface area contributed by atoms with Crippen LogP contribution in [0, 0.1) is 28.6 Å². The zero-order valence-corrected chi connectivity index (χ0v) is 19.7. The summed E-state index contributed by atoms with van der Waals surface area (Å²) in [6.45, 7) is 7.25. The minimum atomic E-state index is -0.199. The highest BCUT2D eigenvalue weighted by Crippen LogP contribution is 2.68. The van der Waals surface area contributed by atoms with Crippen LogP contribution < -0.4 is 4.74 Å². The molecule has 6 atom stereocenters. The summed E-state index contributed by atoms with van der Waals surface area (Å²) in [7, 11) is 0. The Bertz CT molecular complexity index is 971. The van der Waals surface area contributed by atoms with Crippen LogP contribution in [0.25, 0.3) is 0 Å². The SMILES string of the molecule is C/C=C/COc1ccc(C2CC3(C)C(=O)CCC3C3CCC4=CC(=O)CCC4(C)C23)cc1. The van der Waals surface area contributed by atoms with Gasteiger partial charge in [-0.05, 0) is 91.9 Å². The number of hydrogen-bond donors (Lipinski definition) is 0. The standard InChI is InChI=1S/C29H36O3/c1-4-5-16-32-22-9-6-19(7-10-22)24-18-29(3)25(12-13-26(29)31)23-11-8-20-17-21(30)14-15-28(20,2)27(23)24/h4-7,9-10,17,23-25,27H,8,11-16,18H2,1-3H3/b5-4+. The van der Waals surface area contributed by atoms with Crippen molar-refractivity contribution >= 4 is 11.6 Å². The topological polar surface area (TPSA) is 43.4 Å². The number of hydrogen-bond acceptors (Lipinski definition) is 3. The molecule has 170 valence electrons. The van der Waals surface area contributed by atoms with Gasteiger partial charge in [0, 0.05) is 18.3 Å². The van der Waals surface area contributed by atoms with Crippen molar-refractivity contribution in [1.29, 1.82) is 0 Å². The summed E-state index contributed by atoms with van der Waals surface area (Å²) in [6.07, 6.45) is 12.5. The Morgan fingerprint density at radius 1 is 1.03 bits per heavy atom. The number of ether oxygens (including phenoxy) is 1. The Labute approximate surface area is 192 Å². The van der Waals surface area contributed by atoms with E-state index in [4.69, 9.17) is 4.74 Å². The lowest BCUT2D eigenvalue weighted by atomic mass is 9.44. The summed E-state index contributed by atoms with van der Waals surface area (Å²) in [5, 5.41) is 0. The maximum absolute atomic E-state index is 13.1. The summed E-state index contributed by atoms with van der Waals surface area (Å²) in [6, 6.07) is 8.63. The quantitative estimate of drug-likeness (QED) is 0.515. The fraction of sp³-hybridized carbons (Fsp3) is 0.586. The first-order valence-electron chi connectivity index (χ1n) is 12.5. The molecule has 3 fully saturated rings. The number of ketones is 2. The summed E-state index contributed by atoms with van der Waals surface area (Å²) in [4.78, 5) is 25.4. The van der Waals surface area contributed by atoms with E-state index in [1.807, 2.05) is 25.2 Å². The van der Waals surface area contributed by atoms with Crippen molar-refractivity contribution < 1.29 is 14.3 Å². The van der Waals surface area contributed by atoms with Crippen molar-refractivity contribution in [2.45, 2.75) is 71.6 Å². The van der Waals surface area contributed by atoms with Crippen LogP contribution in [0.3, 0.4) is 0 Å². The molecule has 0 radical (unpaired) electrons. The van der Waals surface area contributed by atoms with Crippen LogP contribution in [0.15, 0.2) is 48.1 Å². The zero-order valence-electron chi connectivity index (χ0n) is 19.7. The minimum Gasteiger partial charge on any atom is -0.490 e. The van der Waals surface area contributed by atoms with Crippen LogP contribution in [0.4, 0.5) is 0 Å². The second-order valence-electron chi connectivity index (χ2n) is 11.0. The highest BCUT2D eigenvalue weighted by atomic mass is 16.5. The summed E-state index contributed by atoms with van der Waals surface area (Å²) >= 11 is 0. The van der Waals surface area contributed by atoms with E-state index in [0.717, 1.165) is 44.3 Å². The molecule has 3 nitrogen and oxygen atoms in total. The molecule has 0 bridgehead atoms. The third-order valence-corrected chi connectivity index (χ3v) is 9.53. The van der Waals surface area contributed by atoms with Crippen molar-refractivity contribution in [1.82, 2.24) is 0 Å². The van der Waals surface area contributed by atoms with Gasteiger partial charge in [0.25, 0.3) is 0 Å². The van der Waals surface area contributed by atoms with Gasteiger partial charge in [0.05, 0.1) is 0 Å². The van der Waals surface area contributed by atoms with Gasteiger partial charge in [0.15, 0.2) is 5.78 Å². The lowest BCUT2D eigenvalue weighted by Crippen LogP contribution is -2.53. The Kier molecular flexibility index (Phi) is 5.42. The van der Waals surface area contributed by atoms with Gasteiger partial charge in [0.1, 0.15) is 18.1 Å². The van der Waals surface area contributed by atoms with E-state index >= 15 is 0 Å².